The van der Waals surface area contributed by atoms with E-state index in [0.717, 1.165) is 10.8 Å². The Morgan fingerprint density at radius 3 is 2.30 bits per heavy atom. The molecule has 0 saturated carbocycles. The minimum Gasteiger partial charge on any atom is -0.497 e. The van der Waals surface area contributed by atoms with Crippen molar-refractivity contribution in [1.29, 1.82) is 0 Å². The number of methoxy groups -OCH3 is 1. The molecule has 0 unspecified atom stereocenters. The first kappa shape index (κ1) is 22.0. The number of benzene rings is 4. The van der Waals surface area contributed by atoms with E-state index in [1.54, 1.807) is 55.6 Å². The number of sulfonamides is 1. The van der Waals surface area contributed by atoms with Crippen LogP contribution in [0.25, 0.3) is 10.8 Å². The molecule has 0 aliphatic heterocycles. The number of nitrogens with one attached hydrogen (secondary N) is 1. The van der Waals surface area contributed by atoms with Gasteiger partial charge < -0.3 is 9.47 Å². The zero-order valence-electron chi connectivity index (χ0n) is 17.6. The van der Waals surface area contributed by atoms with Gasteiger partial charge in [0.05, 0.1) is 23.8 Å². The lowest BCUT2D eigenvalue weighted by Gasteiger charge is -2.11. The van der Waals surface area contributed by atoms with E-state index >= 15 is 0 Å². The van der Waals surface area contributed by atoms with Crippen molar-refractivity contribution in [3.05, 3.63) is 102 Å². The minimum atomic E-state index is -3.84. The van der Waals surface area contributed by atoms with Gasteiger partial charge in [-0.25, -0.2) is 9.63 Å². The summed E-state index contributed by atoms with van der Waals surface area (Å²) in [6, 6.07) is 25.4. The van der Waals surface area contributed by atoms with Crippen LogP contribution in [0.15, 0.2) is 101 Å². The molecule has 0 fully saturated rings. The van der Waals surface area contributed by atoms with Crippen LogP contribution < -0.4 is 14.3 Å². The van der Waals surface area contributed by atoms with Crippen LogP contribution in [0.2, 0.25) is 0 Å². The lowest BCUT2D eigenvalue weighted by atomic mass is 10.0. The number of ether oxygens (including phenoxy) is 2. The summed E-state index contributed by atoms with van der Waals surface area (Å²) in [6.07, 6.45) is 1.33. The molecule has 0 bridgehead atoms. The third-order valence-electron chi connectivity index (χ3n) is 4.88. The number of esters is 1. The molecule has 0 aromatic heterocycles. The van der Waals surface area contributed by atoms with E-state index in [4.69, 9.17) is 9.47 Å². The highest BCUT2D eigenvalue weighted by molar-refractivity contribution is 7.89. The molecule has 0 amide bonds. The first-order chi connectivity index (χ1) is 16.0. The highest BCUT2D eigenvalue weighted by Crippen LogP contribution is 2.27. The molecule has 7 nitrogen and oxygen atoms in total. The van der Waals surface area contributed by atoms with Crippen molar-refractivity contribution in [2.24, 2.45) is 5.10 Å². The van der Waals surface area contributed by atoms with E-state index in [9.17, 15) is 13.2 Å². The predicted octanol–water partition coefficient (Wildman–Crippen LogP) is 4.38. The van der Waals surface area contributed by atoms with E-state index in [1.165, 1.54) is 18.3 Å². The van der Waals surface area contributed by atoms with E-state index in [0.29, 0.717) is 16.9 Å². The van der Waals surface area contributed by atoms with Gasteiger partial charge in [-0.2, -0.15) is 13.5 Å². The SMILES string of the molecule is COc1ccc(C(=O)Oc2ccc3ccccc3c2/C=N/NS(=O)(=O)c2ccccc2)cc1. The quantitative estimate of drug-likeness (QED) is 0.191. The smallest absolute Gasteiger partial charge is 0.343 e. The minimum absolute atomic E-state index is 0.0891. The van der Waals surface area contributed by atoms with Crippen molar-refractivity contribution in [3.63, 3.8) is 0 Å². The van der Waals surface area contributed by atoms with Gasteiger partial charge in [-0.05, 0) is 53.2 Å². The maximum absolute atomic E-state index is 12.7. The maximum Gasteiger partial charge on any atom is 0.343 e. The van der Waals surface area contributed by atoms with Gasteiger partial charge in [-0.1, -0.05) is 48.5 Å². The first-order valence-corrected chi connectivity index (χ1v) is 11.4. The zero-order chi connectivity index (χ0) is 23.3. The summed E-state index contributed by atoms with van der Waals surface area (Å²) in [5, 5.41) is 5.57. The Labute approximate surface area is 191 Å². The molecule has 4 aromatic rings. The maximum atomic E-state index is 12.7. The Hall–Kier alpha value is -4.17. The van der Waals surface area contributed by atoms with Crippen LogP contribution in [-0.4, -0.2) is 27.7 Å². The largest absolute Gasteiger partial charge is 0.497 e. The molecular formula is C25H20N2O5S. The second-order valence-corrected chi connectivity index (χ2v) is 8.64. The molecule has 8 heteroatoms. The number of fused-ring (bicyclic) bond motifs is 1. The van der Waals surface area contributed by atoms with Crippen molar-refractivity contribution >= 4 is 33.0 Å². The van der Waals surface area contributed by atoms with Crippen molar-refractivity contribution in [3.8, 4) is 11.5 Å². The normalized spacial score (nSPS) is 11.4. The standard InChI is InChI=1S/C25H20N2O5S/c1-31-20-14-11-19(12-15-20)25(28)32-24-16-13-18-7-5-6-10-22(18)23(24)17-26-27-33(29,30)21-8-3-2-4-9-21/h2-17,27H,1H3/b26-17+. The molecule has 0 radical (unpaired) electrons. The molecule has 0 spiro atoms. The fraction of sp³-hybridized carbons (Fsp3) is 0.0400. The lowest BCUT2D eigenvalue weighted by molar-refractivity contribution is 0.0734. The molecule has 166 valence electrons. The van der Waals surface area contributed by atoms with E-state index in [2.05, 4.69) is 9.93 Å². The lowest BCUT2D eigenvalue weighted by Crippen LogP contribution is -2.18. The second-order valence-electron chi connectivity index (χ2n) is 6.98. The van der Waals surface area contributed by atoms with Crippen LogP contribution in [-0.2, 0) is 10.0 Å². The van der Waals surface area contributed by atoms with E-state index in [-0.39, 0.29) is 10.6 Å². The Morgan fingerprint density at radius 2 is 1.58 bits per heavy atom. The van der Waals surface area contributed by atoms with Gasteiger partial charge in [0.25, 0.3) is 10.0 Å². The second kappa shape index (κ2) is 9.54. The highest BCUT2D eigenvalue weighted by Gasteiger charge is 2.15. The van der Waals surface area contributed by atoms with E-state index < -0.39 is 16.0 Å². The van der Waals surface area contributed by atoms with Crippen LogP contribution in [0, 0.1) is 0 Å². The fourth-order valence-corrected chi connectivity index (χ4v) is 4.01. The molecule has 0 heterocycles. The number of hydrogen-bond acceptors (Lipinski definition) is 6. The van der Waals surface area contributed by atoms with Crippen molar-refractivity contribution in [1.82, 2.24) is 4.83 Å². The molecule has 1 N–H and O–H groups in total. The number of carbonyl (C=O) groups is 1. The van der Waals surface area contributed by atoms with Gasteiger partial charge in [-0.3, -0.25) is 0 Å². The first-order valence-electron chi connectivity index (χ1n) is 9.96. The third kappa shape index (κ3) is 5.02. The van der Waals surface area contributed by atoms with Crippen LogP contribution in [0.5, 0.6) is 11.5 Å². The Morgan fingerprint density at radius 1 is 0.879 bits per heavy atom. The Kier molecular flexibility index (Phi) is 6.37. The summed E-state index contributed by atoms with van der Waals surface area (Å²) in [5.74, 6) is 0.306. The topological polar surface area (TPSA) is 94.1 Å². The van der Waals surface area contributed by atoms with Crippen LogP contribution in [0.4, 0.5) is 0 Å². The van der Waals surface area contributed by atoms with Crippen LogP contribution in [0.3, 0.4) is 0 Å². The molecular weight excluding hydrogens is 440 g/mol. The van der Waals surface area contributed by atoms with E-state index in [1.807, 2.05) is 30.3 Å². The number of carbonyl (C=O) groups excluding carboxylic acids is 1. The summed E-state index contributed by atoms with van der Waals surface area (Å²) < 4.78 is 35.7. The molecule has 4 aromatic carbocycles. The Balaban J connectivity index is 1.65. The number of hydrazone groups is 1. The number of nitrogens with zero attached hydrogens (tertiary/aromatic N) is 1. The van der Waals surface area contributed by atoms with Crippen LogP contribution >= 0.6 is 0 Å². The number of hydrogen-bond donors (Lipinski definition) is 1. The molecule has 0 aliphatic carbocycles. The third-order valence-corrected chi connectivity index (χ3v) is 6.12. The summed E-state index contributed by atoms with van der Waals surface area (Å²) in [5.41, 5.74) is 0.808. The molecule has 0 saturated heterocycles. The molecule has 33 heavy (non-hydrogen) atoms. The van der Waals surface area contributed by atoms with Gasteiger partial charge in [-0.15, -0.1) is 0 Å². The fourth-order valence-electron chi connectivity index (χ4n) is 3.20. The van der Waals surface area contributed by atoms with Gasteiger partial charge >= 0.3 is 5.97 Å². The molecule has 0 aliphatic rings. The zero-order valence-corrected chi connectivity index (χ0v) is 18.5. The summed E-state index contributed by atoms with van der Waals surface area (Å²) in [4.78, 5) is 15.0. The van der Waals surface area contributed by atoms with Gasteiger partial charge in [0, 0.05) is 5.56 Å². The molecule has 0 atom stereocenters. The van der Waals surface area contributed by atoms with Gasteiger partial charge in [0.1, 0.15) is 11.5 Å². The van der Waals surface area contributed by atoms with Crippen molar-refractivity contribution < 1.29 is 22.7 Å². The summed E-state index contributed by atoms with van der Waals surface area (Å²) in [6.45, 7) is 0. The van der Waals surface area contributed by atoms with Crippen LogP contribution in [0.1, 0.15) is 15.9 Å². The highest BCUT2D eigenvalue weighted by atomic mass is 32.2. The average Bonchev–Trinajstić information content (AvgIpc) is 2.85. The Bertz CT molecular complexity index is 1420. The summed E-state index contributed by atoms with van der Waals surface area (Å²) >= 11 is 0. The number of rotatable bonds is 7. The molecule has 4 rings (SSSR count). The monoisotopic (exact) mass is 460 g/mol. The van der Waals surface area contributed by atoms with Gasteiger partial charge in [0.2, 0.25) is 0 Å². The summed E-state index contributed by atoms with van der Waals surface area (Å²) in [7, 11) is -2.30. The van der Waals surface area contributed by atoms with Crippen molar-refractivity contribution in [2.75, 3.05) is 7.11 Å². The average molecular weight is 461 g/mol. The van der Waals surface area contributed by atoms with Gasteiger partial charge in [0.15, 0.2) is 0 Å². The van der Waals surface area contributed by atoms with Crippen molar-refractivity contribution in [2.45, 2.75) is 4.90 Å². The predicted molar refractivity (Wildman–Crippen MR) is 126 cm³/mol.